The Labute approximate surface area is 153 Å². The third-order valence-corrected chi connectivity index (χ3v) is 5.72. The number of unbranched alkanes of at least 4 members (excludes halogenated alkanes) is 1. The zero-order valence-electron chi connectivity index (χ0n) is 16.4. The van der Waals surface area contributed by atoms with Gasteiger partial charge in [-0.3, -0.25) is 0 Å². The molecule has 0 saturated heterocycles. The maximum absolute atomic E-state index is 3.65. The maximum Gasteiger partial charge on any atom is 0.0178 e. The van der Waals surface area contributed by atoms with Gasteiger partial charge in [-0.25, -0.2) is 0 Å². The van der Waals surface area contributed by atoms with E-state index in [4.69, 9.17) is 0 Å². The van der Waals surface area contributed by atoms with Crippen LogP contribution in [0.15, 0.2) is 28.7 Å². The number of benzene rings is 1. The predicted molar refractivity (Wildman–Crippen MR) is 108 cm³/mol. The highest BCUT2D eigenvalue weighted by molar-refractivity contribution is 9.10. The average molecular weight is 381 g/mol. The van der Waals surface area contributed by atoms with E-state index >= 15 is 0 Å². The Hall–Kier alpha value is -0.300. The molecule has 0 fully saturated rings. The molecule has 1 atom stereocenters. The van der Waals surface area contributed by atoms with Gasteiger partial charge in [-0.1, -0.05) is 95.8 Å². The van der Waals surface area contributed by atoms with Gasteiger partial charge in [0.25, 0.3) is 0 Å². The fourth-order valence-electron chi connectivity index (χ4n) is 3.66. The normalized spacial score (nSPS) is 15.5. The number of rotatable bonds is 8. The molecule has 1 unspecified atom stereocenters. The van der Waals surface area contributed by atoms with Crippen LogP contribution in [-0.4, -0.2) is 0 Å². The van der Waals surface area contributed by atoms with E-state index in [1.165, 1.54) is 48.6 Å². The molecular formula is C22H37Br. The molecule has 0 aromatic heterocycles. The topological polar surface area (TPSA) is 0 Å². The van der Waals surface area contributed by atoms with E-state index in [-0.39, 0.29) is 5.41 Å². The third kappa shape index (κ3) is 7.42. The molecule has 0 amide bonds. The molecule has 0 saturated carbocycles. The van der Waals surface area contributed by atoms with Gasteiger partial charge in [-0.2, -0.15) is 0 Å². The molecular weight excluding hydrogens is 344 g/mol. The van der Waals surface area contributed by atoms with Crippen molar-refractivity contribution in [3.63, 3.8) is 0 Å². The van der Waals surface area contributed by atoms with Gasteiger partial charge in [0.2, 0.25) is 0 Å². The Morgan fingerprint density at radius 2 is 1.52 bits per heavy atom. The molecule has 0 bridgehead atoms. The van der Waals surface area contributed by atoms with Crippen LogP contribution < -0.4 is 0 Å². The second-order valence-corrected chi connectivity index (χ2v) is 10.4. The molecule has 0 aliphatic heterocycles. The highest BCUT2D eigenvalue weighted by atomic mass is 79.9. The monoisotopic (exact) mass is 380 g/mol. The Morgan fingerprint density at radius 1 is 0.913 bits per heavy atom. The first-order valence-electron chi connectivity index (χ1n) is 9.24. The molecule has 0 heterocycles. The first kappa shape index (κ1) is 20.7. The van der Waals surface area contributed by atoms with Gasteiger partial charge in [-0.05, 0) is 53.2 Å². The zero-order valence-corrected chi connectivity index (χ0v) is 18.0. The van der Waals surface area contributed by atoms with Crippen molar-refractivity contribution in [2.75, 3.05) is 0 Å². The van der Waals surface area contributed by atoms with Crippen LogP contribution in [0.5, 0.6) is 0 Å². The van der Waals surface area contributed by atoms with E-state index in [2.05, 4.69) is 88.7 Å². The number of halogens is 1. The first-order valence-corrected chi connectivity index (χ1v) is 10.0. The molecule has 1 aromatic rings. The van der Waals surface area contributed by atoms with E-state index in [1.54, 1.807) is 0 Å². The predicted octanol–water partition coefficient (Wildman–Crippen LogP) is 8.14. The van der Waals surface area contributed by atoms with Crippen molar-refractivity contribution in [1.29, 1.82) is 0 Å². The van der Waals surface area contributed by atoms with E-state index < -0.39 is 0 Å². The van der Waals surface area contributed by atoms with Crippen LogP contribution >= 0.6 is 15.9 Å². The minimum Gasteiger partial charge on any atom is -0.0649 e. The molecule has 1 heteroatoms. The lowest BCUT2D eigenvalue weighted by atomic mass is 9.68. The summed E-state index contributed by atoms with van der Waals surface area (Å²) >= 11 is 3.65. The summed E-state index contributed by atoms with van der Waals surface area (Å²) in [6, 6.07) is 8.94. The van der Waals surface area contributed by atoms with Gasteiger partial charge in [0.15, 0.2) is 0 Å². The molecule has 0 nitrogen and oxygen atoms in total. The molecule has 0 aliphatic rings. The molecule has 0 spiro atoms. The molecule has 132 valence electrons. The van der Waals surface area contributed by atoms with E-state index in [1.807, 2.05) is 0 Å². The van der Waals surface area contributed by atoms with Gasteiger partial charge in [0.1, 0.15) is 0 Å². The van der Waals surface area contributed by atoms with Crippen molar-refractivity contribution in [2.24, 2.45) is 10.8 Å². The summed E-state index contributed by atoms with van der Waals surface area (Å²) in [4.78, 5) is 0. The third-order valence-electron chi connectivity index (χ3n) is 5.23. The largest absolute Gasteiger partial charge is 0.0649 e. The van der Waals surface area contributed by atoms with Crippen LogP contribution in [0, 0.1) is 10.8 Å². The van der Waals surface area contributed by atoms with E-state index in [0.717, 1.165) is 0 Å². The Kier molecular flexibility index (Phi) is 7.38. The fourth-order valence-corrected chi connectivity index (χ4v) is 4.06. The average Bonchev–Trinajstić information content (AvgIpc) is 2.42. The minimum absolute atomic E-state index is 0.262. The van der Waals surface area contributed by atoms with E-state index in [0.29, 0.717) is 10.8 Å². The van der Waals surface area contributed by atoms with Gasteiger partial charge >= 0.3 is 0 Å². The fraction of sp³-hybridized carbons (Fsp3) is 0.727. The lowest BCUT2D eigenvalue weighted by Crippen LogP contribution is -2.28. The Bertz CT molecular complexity index is 481. The first-order chi connectivity index (χ1) is 10.5. The minimum atomic E-state index is 0.262. The SMILES string of the molecule is CCC(C)(C)CCCCC(C)(CC(C)(C)C)c1cccc(Br)c1. The molecule has 0 radical (unpaired) electrons. The number of hydrogen-bond acceptors (Lipinski definition) is 0. The molecule has 1 aromatic carbocycles. The van der Waals surface area contributed by atoms with Crippen LogP contribution in [0.3, 0.4) is 0 Å². The van der Waals surface area contributed by atoms with Crippen molar-refractivity contribution in [3.05, 3.63) is 34.3 Å². The summed E-state index contributed by atoms with van der Waals surface area (Å²) < 4.78 is 1.20. The zero-order chi connectivity index (χ0) is 17.7. The molecule has 1 rings (SSSR count). The Morgan fingerprint density at radius 3 is 2.04 bits per heavy atom. The van der Waals surface area contributed by atoms with E-state index in [9.17, 15) is 0 Å². The quantitative estimate of drug-likeness (QED) is 0.399. The summed E-state index contributed by atoms with van der Waals surface area (Å²) in [7, 11) is 0. The summed E-state index contributed by atoms with van der Waals surface area (Å²) in [6.07, 6.45) is 7.79. The lowest BCUT2D eigenvalue weighted by molar-refractivity contribution is 0.241. The van der Waals surface area contributed by atoms with Crippen molar-refractivity contribution in [1.82, 2.24) is 0 Å². The number of hydrogen-bond donors (Lipinski definition) is 0. The van der Waals surface area contributed by atoms with Crippen molar-refractivity contribution in [3.8, 4) is 0 Å². The summed E-state index contributed by atoms with van der Waals surface area (Å²) in [5.74, 6) is 0. The van der Waals surface area contributed by atoms with Crippen molar-refractivity contribution >= 4 is 15.9 Å². The lowest BCUT2D eigenvalue weighted by Gasteiger charge is -2.37. The smallest absolute Gasteiger partial charge is 0.0178 e. The van der Waals surface area contributed by atoms with Crippen molar-refractivity contribution < 1.29 is 0 Å². The summed E-state index contributed by atoms with van der Waals surface area (Å²) in [5, 5.41) is 0. The van der Waals surface area contributed by atoms with Crippen molar-refractivity contribution in [2.45, 2.75) is 92.4 Å². The molecule has 0 aliphatic carbocycles. The molecule has 0 N–H and O–H groups in total. The summed E-state index contributed by atoms with van der Waals surface area (Å²) in [5.41, 5.74) is 2.59. The second kappa shape index (κ2) is 8.19. The maximum atomic E-state index is 3.65. The standard InChI is InChI=1S/C22H37Br/c1-8-21(5,6)14-9-10-15-22(7,17-20(2,3)4)18-12-11-13-19(23)16-18/h11-13,16H,8-10,14-15,17H2,1-7H3. The summed E-state index contributed by atoms with van der Waals surface area (Å²) in [6.45, 7) is 16.7. The van der Waals surface area contributed by atoms with Crippen LogP contribution in [0.1, 0.15) is 92.6 Å². The Balaban J connectivity index is 2.81. The van der Waals surface area contributed by atoms with Gasteiger partial charge in [-0.15, -0.1) is 0 Å². The second-order valence-electron chi connectivity index (χ2n) is 9.53. The highest BCUT2D eigenvalue weighted by Crippen LogP contribution is 2.41. The molecule has 23 heavy (non-hydrogen) atoms. The van der Waals surface area contributed by atoms with Gasteiger partial charge in [0, 0.05) is 4.47 Å². The van der Waals surface area contributed by atoms with Crippen LogP contribution in [-0.2, 0) is 5.41 Å². The van der Waals surface area contributed by atoms with Gasteiger partial charge in [0.05, 0.1) is 0 Å². The van der Waals surface area contributed by atoms with Crippen LogP contribution in [0.4, 0.5) is 0 Å². The highest BCUT2D eigenvalue weighted by Gasteiger charge is 2.31. The van der Waals surface area contributed by atoms with Crippen LogP contribution in [0.25, 0.3) is 0 Å². The van der Waals surface area contributed by atoms with Gasteiger partial charge < -0.3 is 0 Å². The van der Waals surface area contributed by atoms with Crippen LogP contribution in [0.2, 0.25) is 0 Å².